The fraction of sp³-hybridized carbons (Fsp3) is 0.625. The Morgan fingerprint density at radius 2 is 1.73 bits per heavy atom. The second-order valence-corrected chi connectivity index (χ2v) is 12.0. The number of amides is 3. The van der Waals surface area contributed by atoms with E-state index in [0.29, 0.717) is 45.6 Å². The molecule has 2 atom stereocenters. The van der Waals surface area contributed by atoms with Crippen LogP contribution in [0.5, 0.6) is 0 Å². The Kier molecular flexibility index (Phi) is 12.2. The zero-order valence-corrected chi connectivity index (χ0v) is 25.1. The van der Waals surface area contributed by atoms with Crippen molar-refractivity contribution in [3.05, 3.63) is 48.0 Å². The fourth-order valence-corrected chi connectivity index (χ4v) is 5.23. The maximum atomic E-state index is 13.0. The van der Waals surface area contributed by atoms with Gasteiger partial charge < -0.3 is 24.6 Å². The van der Waals surface area contributed by atoms with E-state index in [4.69, 9.17) is 9.47 Å². The van der Waals surface area contributed by atoms with E-state index in [2.05, 4.69) is 5.32 Å². The highest BCUT2D eigenvalue weighted by molar-refractivity contribution is 5.88. The van der Waals surface area contributed by atoms with Crippen molar-refractivity contribution in [3.8, 4) is 0 Å². The van der Waals surface area contributed by atoms with Crippen molar-refractivity contribution < 1.29 is 28.7 Å². The molecule has 0 unspecified atom stereocenters. The molecule has 0 aromatic heterocycles. The van der Waals surface area contributed by atoms with Gasteiger partial charge in [0.1, 0.15) is 5.60 Å². The molecule has 1 aromatic rings. The third kappa shape index (κ3) is 10.9. The summed E-state index contributed by atoms with van der Waals surface area (Å²) in [4.78, 5) is 54.3. The molecular weight excluding hydrogens is 522 g/mol. The van der Waals surface area contributed by atoms with Crippen LogP contribution in [0.1, 0.15) is 65.4 Å². The molecule has 2 aliphatic heterocycles. The van der Waals surface area contributed by atoms with Crippen LogP contribution in [0.2, 0.25) is 0 Å². The van der Waals surface area contributed by atoms with Crippen molar-refractivity contribution >= 4 is 23.9 Å². The molecule has 3 amide bonds. The molecule has 2 aliphatic rings. The average molecular weight is 570 g/mol. The van der Waals surface area contributed by atoms with Crippen molar-refractivity contribution in [3.63, 3.8) is 0 Å². The van der Waals surface area contributed by atoms with Crippen LogP contribution in [0.4, 0.5) is 4.79 Å². The third-order valence-electron chi connectivity index (χ3n) is 7.57. The number of carbonyl (C=O) groups excluding carboxylic acids is 4. The minimum absolute atomic E-state index is 0.0932. The highest BCUT2D eigenvalue weighted by Crippen LogP contribution is 2.22. The number of benzene rings is 1. The normalized spacial score (nSPS) is 19.1. The molecule has 0 bridgehead atoms. The zero-order chi connectivity index (χ0) is 29.8. The Morgan fingerprint density at radius 3 is 2.39 bits per heavy atom. The summed E-state index contributed by atoms with van der Waals surface area (Å²) in [5, 5.41) is 2.96. The van der Waals surface area contributed by atoms with Crippen LogP contribution in [0.3, 0.4) is 0 Å². The van der Waals surface area contributed by atoms with Crippen molar-refractivity contribution in [1.29, 1.82) is 0 Å². The largest absolute Gasteiger partial charge is 0.466 e. The molecule has 0 radical (unpaired) electrons. The number of hydrogen-bond acceptors (Lipinski definition) is 6. The minimum Gasteiger partial charge on any atom is -0.466 e. The van der Waals surface area contributed by atoms with Crippen LogP contribution in [0.25, 0.3) is 0 Å². The second-order valence-electron chi connectivity index (χ2n) is 12.0. The summed E-state index contributed by atoms with van der Waals surface area (Å²) in [5.41, 5.74) is 0.616. The molecule has 2 heterocycles. The Morgan fingerprint density at radius 1 is 1.02 bits per heavy atom. The first-order valence-corrected chi connectivity index (χ1v) is 15.0. The van der Waals surface area contributed by atoms with Gasteiger partial charge in [0.05, 0.1) is 18.4 Å². The maximum absolute atomic E-state index is 13.0. The standard InChI is InChI=1S/C32H47N3O6/c1-5-40-30(38)26(15-13-24-10-7-6-8-11-24)22-33-29(37)27-12-9-19-35(23-27)28(36)16-14-25-17-20-34(21-18-25)31(39)41-32(2,3)4/h6-8,10-11,14,16,25-27H,5,9,12-13,15,17-23H2,1-4H3,(H,33,37)/b16-14+/t26-,27-/m1/s1. The van der Waals surface area contributed by atoms with E-state index in [9.17, 15) is 19.2 Å². The van der Waals surface area contributed by atoms with E-state index in [1.165, 1.54) is 0 Å². The van der Waals surface area contributed by atoms with Crippen molar-refractivity contribution in [2.45, 2.75) is 71.8 Å². The molecule has 226 valence electrons. The second kappa shape index (κ2) is 15.6. The number of carbonyl (C=O) groups is 4. The van der Waals surface area contributed by atoms with E-state index in [1.54, 1.807) is 22.8 Å². The van der Waals surface area contributed by atoms with E-state index in [1.807, 2.05) is 57.2 Å². The van der Waals surface area contributed by atoms with Crippen molar-refractivity contribution in [2.75, 3.05) is 39.3 Å². The summed E-state index contributed by atoms with van der Waals surface area (Å²) >= 11 is 0. The number of aryl methyl sites for hydroxylation is 1. The molecule has 9 heteroatoms. The molecule has 1 N–H and O–H groups in total. The monoisotopic (exact) mass is 569 g/mol. The third-order valence-corrected chi connectivity index (χ3v) is 7.57. The van der Waals surface area contributed by atoms with Crippen LogP contribution in [-0.4, -0.2) is 78.6 Å². The number of likely N-dealkylation sites (tertiary alicyclic amines) is 2. The lowest BCUT2D eigenvalue weighted by Gasteiger charge is -2.33. The van der Waals surface area contributed by atoms with Gasteiger partial charge in [-0.1, -0.05) is 36.4 Å². The van der Waals surface area contributed by atoms with Gasteiger partial charge in [0.25, 0.3) is 0 Å². The Bertz CT molecular complexity index is 1040. The van der Waals surface area contributed by atoms with Crippen molar-refractivity contribution in [1.82, 2.24) is 15.1 Å². The number of allylic oxidation sites excluding steroid dienone is 1. The molecule has 0 spiro atoms. The number of nitrogens with zero attached hydrogens (tertiary/aromatic N) is 2. The first-order chi connectivity index (χ1) is 19.6. The molecule has 41 heavy (non-hydrogen) atoms. The highest BCUT2D eigenvalue weighted by atomic mass is 16.6. The van der Waals surface area contributed by atoms with E-state index >= 15 is 0 Å². The number of ether oxygens (including phenoxy) is 2. The van der Waals surface area contributed by atoms with Crippen LogP contribution >= 0.6 is 0 Å². The van der Waals surface area contributed by atoms with E-state index in [0.717, 1.165) is 31.2 Å². The molecule has 1 aromatic carbocycles. The van der Waals surface area contributed by atoms with Gasteiger partial charge in [-0.25, -0.2) is 4.79 Å². The van der Waals surface area contributed by atoms with Gasteiger partial charge in [-0.15, -0.1) is 0 Å². The lowest BCUT2D eigenvalue weighted by Crippen LogP contribution is -2.46. The van der Waals surface area contributed by atoms with Gasteiger partial charge in [0.15, 0.2) is 0 Å². The lowest BCUT2D eigenvalue weighted by atomic mass is 9.95. The van der Waals surface area contributed by atoms with Crippen LogP contribution in [0.15, 0.2) is 42.5 Å². The molecule has 9 nitrogen and oxygen atoms in total. The average Bonchev–Trinajstić information content (AvgIpc) is 2.95. The summed E-state index contributed by atoms with van der Waals surface area (Å²) in [6, 6.07) is 9.94. The Balaban J connectivity index is 1.45. The number of hydrogen-bond donors (Lipinski definition) is 1. The Hall–Kier alpha value is -3.36. The quantitative estimate of drug-likeness (QED) is 0.332. The predicted molar refractivity (Wildman–Crippen MR) is 157 cm³/mol. The number of nitrogens with one attached hydrogen (secondary N) is 1. The Labute approximate surface area is 244 Å². The van der Waals surface area contributed by atoms with Gasteiger partial charge in [-0.05, 0) is 83.8 Å². The SMILES string of the molecule is CCOC(=O)[C@H](CCc1ccccc1)CNC(=O)[C@@H]1CCCN(C(=O)/C=C/C2CCN(C(=O)OC(C)(C)C)CC2)C1. The molecule has 2 fully saturated rings. The lowest BCUT2D eigenvalue weighted by molar-refractivity contribution is -0.148. The predicted octanol–water partition coefficient (Wildman–Crippen LogP) is 4.36. The summed E-state index contributed by atoms with van der Waals surface area (Å²) in [6.45, 7) is 10.0. The fourth-order valence-electron chi connectivity index (χ4n) is 5.23. The van der Waals surface area contributed by atoms with Gasteiger partial charge in [-0.2, -0.15) is 0 Å². The van der Waals surface area contributed by atoms with E-state index < -0.39 is 11.5 Å². The molecular formula is C32H47N3O6. The van der Waals surface area contributed by atoms with Gasteiger partial charge in [0.2, 0.25) is 11.8 Å². The van der Waals surface area contributed by atoms with Gasteiger partial charge in [0, 0.05) is 32.7 Å². The molecule has 3 rings (SSSR count). The smallest absolute Gasteiger partial charge is 0.410 e. The molecule has 0 saturated carbocycles. The van der Waals surface area contributed by atoms with Gasteiger partial charge in [-0.3, -0.25) is 14.4 Å². The zero-order valence-electron chi connectivity index (χ0n) is 25.1. The minimum atomic E-state index is -0.519. The number of esters is 1. The van der Waals surface area contributed by atoms with E-state index in [-0.39, 0.29) is 42.3 Å². The summed E-state index contributed by atoms with van der Waals surface area (Å²) in [5.74, 6) is -1.04. The maximum Gasteiger partial charge on any atom is 0.410 e. The highest BCUT2D eigenvalue weighted by Gasteiger charge is 2.30. The summed E-state index contributed by atoms with van der Waals surface area (Å²) in [7, 11) is 0. The van der Waals surface area contributed by atoms with Gasteiger partial charge >= 0.3 is 12.1 Å². The summed E-state index contributed by atoms with van der Waals surface area (Å²) in [6.07, 6.45) is 7.58. The van der Waals surface area contributed by atoms with Crippen LogP contribution < -0.4 is 5.32 Å². The number of piperidine rings is 2. The van der Waals surface area contributed by atoms with Crippen LogP contribution in [0, 0.1) is 17.8 Å². The first-order valence-electron chi connectivity index (χ1n) is 15.0. The van der Waals surface area contributed by atoms with Crippen molar-refractivity contribution in [2.24, 2.45) is 17.8 Å². The molecule has 0 aliphatic carbocycles. The number of rotatable bonds is 10. The summed E-state index contributed by atoms with van der Waals surface area (Å²) < 4.78 is 10.7. The topological polar surface area (TPSA) is 105 Å². The van der Waals surface area contributed by atoms with Crippen LogP contribution in [-0.2, 0) is 30.3 Å². The molecule has 2 saturated heterocycles. The first kappa shape index (κ1) is 32.2.